The summed E-state index contributed by atoms with van der Waals surface area (Å²) in [7, 11) is 0. The van der Waals surface area contributed by atoms with Gasteiger partial charge in [0.25, 0.3) is 0 Å². The first-order chi connectivity index (χ1) is 11.9. The molecule has 0 rings (SSSR count). The zero-order chi connectivity index (χ0) is 19.0. The summed E-state index contributed by atoms with van der Waals surface area (Å²) in [5.74, 6) is 0. The molecule has 0 aliphatic rings. The summed E-state index contributed by atoms with van der Waals surface area (Å²) >= 11 is 0. The lowest BCUT2D eigenvalue weighted by atomic mass is 10.2. The fourth-order valence-corrected chi connectivity index (χ4v) is 1.78. The Hall–Kier alpha value is -0.930. The molecule has 150 valence electrons. The maximum Gasteiger partial charge on any atom is 0.410 e. The largest absolute Gasteiger partial charge is 0.444 e. The van der Waals surface area contributed by atoms with E-state index in [1.807, 2.05) is 27.7 Å². The molecule has 2 N–H and O–H groups in total. The van der Waals surface area contributed by atoms with E-state index in [4.69, 9.17) is 24.1 Å². The number of carbonyl (C=O) groups excluding carboxylic acids is 1. The molecular formula is C17H36N2O6. The topological polar surface area (TPSA) is 89.5 Å². The van der Waals surface area contributed by atoms with E-state index < -0.39 is 11.7 Å². The monoisotopic (exact) mass is 364 g/mol. The van der Waals surface area contributed by atoms with Gasteiger partial charge in [-0.2, -0.15) is 0 Å². The Kier molecular flexibility index (Phi) is 14.8. The Balaban J connectivity index is 3.98. The summed E-state index contributed by atoms with van der Waals surface area (Å²) < 4.78 is 21.5. The zero-order valence-corrected chi connectivity index (χ0v) is 16.2. The number of aliphatic hydroxyl groups is 1. The van der Waals surface area contributed by atoms with Gasteiger partial charge in [0.2, 0.25) is 0 Å². The fraction of sp³-hybridized carbons (Fsp3) is 0.941. The number of likely N-dealkylation sites (N-methyl/N-ethyl adjacent to an activating group) is 1. The first-order valence-electron chi connectivity index (χ1n) is 8.93. The van der Waals surface area contributed by atoms with Gasteiger partial charge in [0, 0.05) is 19.6 Å². The predicted molar refractivity (Wildman–Crippen MR) is 95.9 cm³/mol. The van der Waals surface area contributed by atoms with Crippen molar-refractivity contribution >= 4 is 6.09 Å². The number of hydrogen-bond acceptors (Lipinski definition) is 7. The molecule has 0 bridgehead atoms. The van der Waals surface area contributed by atoms with Crippen LogP contribution in [0.2, 0.25) is 0 Å². The van der Waals surface area contributed by atoms with E-state index in [9.17, 15) is 4.79 Å². The van der Waals surface area contributed by atoms with Crippen molar-refractivity contribution in [2.45, 2.75) is 33.3 Å². The molecule has 0 aromatic heterocycles. The van der Waals surface area contributed by atoms with Crippen molar-refractivity contribution in [1.82, 2.24) is 10.2 Å². The van der Waals surface area contributed by atoms with Gasteiger partial charge < -0.3 is 34.3 Å². The van der Waals surface area contributed by atoms with Gasteiger partial charge >= 0.3 is 6.09 Å². The first kappa shape index (κ1) is 24.1. The highest BCUT2D eigenvalue weighted by atomic mass is 16.6. The van der Waals surface area contributed by atoms with Crippen LogP contribution < -0.4 is 5.32 Å². The number of carbonyl (C=O) groups is 1. The molecule has 0 aromatic rings. The molecule has 1 amide bonds. The van der Waals surface area contributed by atoms with Crippen molar-refractivity contribution in [3.63, 3.8) is 0 Å². The molecule has 0 fully saturated rings. The number of amides is 1. The molecule has 0 saturated carbocycles. The van der Waals surface area contributed by atoms with Crippen molar-refractivity contribution in [1.29, 1.82) is 0 Å². The van der Waals surface area contributed by atoms with Gasteiger partial charge in [-0.05, 0) is 27.3 Å². The summed E-state index contributed by atoms with van der Waals surface area (Å²) in [5.41, 5.74) is -0.553. The molecule has 8 heteroatoms. The molecule has 0 saturated heterocycles. The van der Waals surface area contributed by atoms with Gasteiger partial charge in [-0.15, -0.1) is 0 Å². The van der Waals surface area contributed by atoms with Crippen LogP contribution >= 0.6 is 0 Å². The van der Waals surface area contributed by atoms with E-state index in [0.717, 1.165) is 13.1 Å². The van der Waals surface area contributed by atoms with E-state index in [2.05, 4.69) is 5.32 Å². The van der Waals surface area contributed by atoms with Gasteiger partial charge in [-0.25, -0.2) is 4.79 Å². The average Bonchev–Trinajstić information content (AvgIpc) is 2.53. The minimum Gasteiger partial charge on any atom is -0.444 e. The maximum absolute atomic E-state index is 12.2. The highest BCUT2D eigenvalue weighted by Crippen LogP contribution is 2.09. The van der Waals surface area contributed by atoms with Gasteiger partial charge in [0.1, 0.15) is 5.60 Å². The van der Waals surface area contributed by atoms with Gasteiger partial charge in [-0.1, -0.05) is 6.92 Å². The molecule has 0 heterocycles. The van der Waals surface area contributed by atoms with E-state index in [0.29, 0.717) is 46.1 Å². The number of ether oxygens (including phenoxy) is 4. The van der Waals surface area contributed by atoms with Crippen LogP contribution in [0, 0.1) is 0 Å². The van der Waals surface area contributed by atoms with Gasteiger partial charge in [0.05, 0.1) is 46.2 Å². The van der Waals surface area contributed by atoms with Crippen molar-refractivity contribution < 1.29 is 28.8 Å². The van der Waals surface area contributed by atoms with Crippen LogP contribution in [0.15, 0.2) is 0 Å². The van der Waals surface area contributed by atoms with Crippen LogP contribution in [0.1, 0.15) is 27.7 Å². The lowest BCUT2D eigenvalue weighted by Crippen LogP contribution is -2.40. The normalized spacial score (nSPS) is 11.6. The highest BCUT2D eigenvalue weighted by Gasteiger charge is 2.21. The third kappa shape index (κ3) is 16.3. The van der Waals surface area contributed by atoms with Crippen molar-refractivity contribution in [3.8, 4) is 0 Å². The minimum atomic E-state index is -0.553. The molecular weight excluding hydrogens is 328 g/mol. The molecule has 0 radical (unpaired) electrons. The van der Waals surface area contributed by atoms with Gasteiger partial charge in [-0.3, -0.25) is 0 Å². The quantitative estimate of drug-likeness (QED) is 0.417. The second-order valence-electron chi connectivity index (χ2n) is 6.38. The molecule has 0 aliphatic carbocycles. The Morgan fingerprint density at radius 1 is 0.960 bits per heavy atom. The summed E-state index contributed by atoms with van der Waals surface area (Å²) in [4.78, 5) is 13.8. The van der Waals surface area contributed by atoms with E-state index in [1.165, 1.54) is 0 Å². The van der Waals surface area contributed by atoms with Gasteiger partial charge in [0.15, 0.2) is 0 Å². The zero-order valence-electron chi connectivity index (χ0n) is 16.2. The Morgan fingerprint density at radius 2 is 1.52 bits per heavy atom. The fourth-order valence-electron chi connectivity index (χ4n) is 1.78. The average molecular weight is 364 g/mol. The van der Waals surface area contributed by atoms with Crippen LogP contribution in [0.3, 0.4) is 0 Å². The van der Waals surface area contributed by atoms with Crippen molar-refractivity contribution in [3.05, 3.63) is 0 Å². The number of nitrogens with one attached hydrogen (secondary N) is 1. The van der Waals surface area contributed by atoms with E-state index in [-0.39, 0.29) is 13.2 Å². The number of hydrogen-bond donors (Lipinski definition) is 2. The third-order valence-corrected chi connectivity index (χ3v) is 2.94. The Labute approximate surface area is 151 Å². The van der Waals surface area contributed by atoms with E-state index in [1.54, 1.807) is 4.90 Å². The van der Waals surface area contributed by atoms with Crippen molar-refractivity contribution in [2.75, 3.05) is 72.4 Å². The number of nitrogens with zero attached hydrogens (tertiary/aromatic N) is 1. The smallest absolute Gasteiger partial charge is 0.410 e. The second-order valence-corrected chi connectivity index (χ2v) is 6.38. The summed E-state index contributed by atoms with van der Waals surface area (Å²) in [6.07, 6.45) is -0.398. The van der Waals surface area contributed by atoms with Crippen LogP contribution in [-0.2, 0) is 18.9 Å². The summed E-state index contributed by atoms with van der Waals surface area (Å²) in [5, 5.41) is 11.9. The Bertz CT molecular complexity index is 323. The standard InChI is InChI=1S/C17H36N2O6/c1-5-18-6-10-22-14-15-24-12-8-19(7-11-23-13-9-20)16(21)25-17(2,3)4/h18,20H,5-15H2,1-4H3. The first-order valence-corrected chi connectivity index (χ1v) is 8.93. The molecule has 0 atom stereocenters. The van der Waals surface area contributed by atoms with Crippen LogP contribution in [0.4, 0.5) is 4.79 Å². The van der Waals surface area contributed by atoms with Crippen LogP contribution in [0.25, 0.3) is 0 Å². The summed E-state index contributed by atoms with van der Waals surface area (Å²) in [6, 6.07) is 0. The lowest BCUT2D eigenvalue weighted by Gasteiger charge is -2.27. The SMILES string of the molecule is CCNCCOCCOCCN(CCOCCO)C(=O)OC(C)(C)C. The minimum absolute atomic E-state index is 0.0384. The molecule has 0 spiro atoms. The highest BCUT2D eigenvalue weighted by molar-refractivity contribution is 5.68. The number of rotatable bonds is 15. The number of aliphatic hydroxyl groups excluding tert-OH is 1. The lowest BCUT2D eigenvalue weighted by molar-refractivity contribution is 0.00260. The van der Waals surface area contributed by atoms with Crippen LogP contribution in [0.5, 0.6) is 0 Å². The second kappa shape index (κ2) is 15.3. The van der Waals surface area contributed by atoms with Crippen molar-refractivity contribution in [2.24, 2.45) is 0 Å². The molecule has 0 unspecified atom stereocenters. The summed E-state index contributed by atoms with van der Waals surface area (Å²) in [6.45, 7) is 12.7. The molecule has 0 aromatic carbocycles. The molecule has 8 nitrogen and oxygen atoms in total. The van der Waals surface area contributed by atoms with E-state index >= 15 is 0 Å². The van der Waals surface area contributed by atoms with Crippen LogP contribution in [-0.4, -0.2) is 94.1 Å². The predicted octanol–water partition coefficient (Wildman–Crippen LogP) is 0.875. The third-order valence-electron chi connectivity index (χ3n) is 2.94. The Morgan fingerprint density at radius 3 is 2.04 bits per heavy atom. The maximum atomic E-state index is 12.2. The molecule has 0 aliphatic heterocycles. The molecule has 25 heavy (non-hydrogen) atoms.